The standard InChI is InChI=1S/C23H37N5O2.HI/c1-24-22(26-14-8-13-25-21(29)20-9-4-2-5-10-20)27-19-23(11-6-3-7-12-23)28-15-17-30-18-16-28;/h2,4-5,9-10H,3,6-8,11-19H2,1H3,(H,25,29)(H2,24,26,27);1H. The van der Waals surface area contributed by atoms with Crippen LogP contribution in [0.1, 0.15) is 48.9 Å². The molecule has 0 unspecified atom stereocenters. The van der Waals surface area contributed by atoms with Gasteiger partial charge in [0.25, 0.3) is 5.91 Å². The van der Waals surface area contributed by atoms with Gasteiger partial charge in [0.05, 0.1) is 13.2 Å². The number of nitrogens with zero attached hydrogens (tertiary/aromatic N) is 2. The van der Waals surface area contributed by atoms with Crippen LogP contribution in [0.4, 0.5) is 0 Å². The molecule has 1 aliphatic carbocycles. The van der Waals surface area contributed by atoms with E-state index in [1.165, 1.54) is 32.1 Å². The van der Waals surface area contributed by atoms with Gasteiger partial charge in [-0.2, -0.15) is 0 Å². The first-order valence-corrected chi connectivity index (χ1v) is 11.3. The number of halogens is 1. The van der Waals surface area contributed by atoms with E-state index in [0.29, 0.717) is 12.1 Å². The summed E-state index contributed by atoms with van der Waals surface area (Å²) in [6.07, 6.45) is 7.25. The van der Waals surface area contributed by atoms with E-state index in [9.17, 15) is 4.79 Å². The topological polar surface area (TPSA) is 78.0 Å². The van der Waals surface area contributed by atoms with E-state index in [1.807, 2.05) is 37.4 Å². The van der Waals surface area contributed by atoms with Crippen LogP contribution in [-0.2, 0) is 4.74 Å². The van der Waals surface area contributed by atoms with E-state index in [4.69, 9.17) is 4.74 Å². The Morgan fingerprint density at radius 3 is 2.39 bits per heavy atom. The maximum Gasteiger partial charge on any atom is 0.251 e. The molecule has 1 aliphatic heterocycles. The summed E-state index contributed by atoms with van der Waals surface area (Å²) in [5.74, 6) is 0.811. The van der Waals surface area contributed by atoms with Gasteiger partial charge in [0.15, 0.2) is 5.96 Å². The number of rotatable bonds is 8. The summed E-state index contributed by atoms with van der Waals surface area (Å²) in [6.45, 7) is 6.03. The molecule has 2 aliphatic rings. The molecule has 3 rings (SSSR count). The van der Waals surface area contributed by atoms with Gasteiger partial charge >= 0.3 is 0 Å². The van der Waals surface area contributed by atoms with Crippen LogP contribution in [0.15, 0.2) is 35.3 Å². The number of carbonyl (C=O) groups is 1. The highest BCUT2D eigenvalue weighted by Gasteiger charge is 2.38. The maximum absolute atomic E-state index is 12.1. The summed E-state index contributed by atoms with van der Waals surface area (Å²) in [5, 5.41) is 9.92. The molecule has 1 saturated heterocycles. The Labute approximate surface area is 203 Å². The Bertz CT molecular complexity index is 674. The highest BCUT2D eigenvalue weighted by Crippen LogP contribution is 2.33. The summed E-state index contributed by atoms with van der Waals surface area (Å²) < 4.78 is 5.58. The van der Waals surface area contributed by atoms with Crippen LogP contribution in [-0.4, -0.2) is 75.3 Å². The number of hydrogen-bond acceptors (Lipinski definition) is 4. The van der Waals surface area contributed by atoms with E-state index in [0.717, 1.165) is 51.8 Å². The van der Waals surface area contributed by atoms with Gasteiger partial charge in [0, 0.05) is 50.9 Å². The maximum atomic E-state index is 12.1. The minimum Gasteiger partial charge on any atom is -0.379 e. The molecule has 3 N–H and O–H groups in total. The normalized spacial score (nSPS) is 19.2. The van der Waals surface area contributed by atoms with Crippen molar-refractivity contribution < 1.29 is 9.53 Å². The summed E-state index contributed by atoms with van der Waals surface area (Å²) in [5.41, 5.74) is 0.910. The van der Waals surface area contributed by atoms with E-state index < -0.39 is 0 Å². The van der Waals surface area contributed by atoms with Gasteiger partial charge in [-0.3, -0.25) is 14.7 Å². The molecule has 1 aromatic carbocycles. The van der Waals surface area contributed by atoms with Crippen molar-refractivity contribution in [1.29, 1.82) is 0 Å². The number of nitrogens with one attached hydrogen (secondary N) is 3. The summed E-state index contributed by atoms with van der Waals surface area (Å²) in [6, 6.07) is 9.32. The van der Waals surface area contributed by atoms with E-state index in [1.54, 1.807) is 0 Å². The number of ether oxygens (including phenoxy) is 1. The lowest BCUT2D eigenvalue weighted by Crippen LogP contribution is -2.60. The Morgan fingerprint density at radius 1 is 1.03 bits per heavy atom. The van der Waals surface area contributed by atoms with E-state index in [2.05, 4.69) is 25.8 Å². The van der Waals surface area contributed by atoms with Gasteiger partial charge in [0.1, 0.15) is 0 Å². The molecule has 31 heavy (non-hydrogen) atoms. The number of aliphatic imine (C=N–C) groups is 1. The van der Waals surface area contributed by atoms with Crippen LogP contribution in [0.3, 0.4) is 0 Å². The molecular weight excluding hydrogens is 505 g/mol. The molecular formula is C23H38IN5O2. The second kappa shape index (κ2) is 13.9. The number of hydrogen-bond donors (Lipinski definition) is 3. The predicted octanol–water partition coefficient (Wildman–Crippen LogP) is 2.62. The van der Waals surface area contributed by atoms with Gasteiger partial charge in [-0.05, 0) is 31.4 Å². The second-order valence-electron chi connectivity index (χ2n) is 8.21. The Kier molecular flexibility index (Phi) is 11.6. The fourth-order valence-electron chi connectivity index (χ4n) is 4.51. The second-order valence-corrected chi connectivity index (χ2v) is 8.21. The number of morpholine rings is 1. The molecule has 0 spiro atoms. The molecule has 1 amide bonds. The molecule has 1 heterocycles. The van der Waals surface area contributed by atoms with Crippen molar-refractivity contribution >= 4 is 35.8 Å². The highest BCUT2D eigenvalue weighted by molar-refractivity contribution is 14.0. The number of guanidine groups is 1. The molecule has 7 nitrogen and oxygen atoms in total. The van der Waals surface area contributed by atoms with Crippen molar-refractivity contribution in [3.8, 4) is 0 Å². The van der Waals surface area contributed by atoms with Crippen LogP contribution in [0.25, 0.3) is 0 Å². The summed E-state index contributed by atoms with van der Waals surface area (Å²) in [7, 11) is 1.81. The molecule has 0 bridgehead atoms. The Morgan fingerprint density at radius 2 is 1.71 bits per heavy atom. The first kappa shape index (κ1) is 25.9. The molecule has 2 fully saturated rings. The SMILES string of the molecule is CN=C(NCCCNC(=O)c1ccccc1)NCC1(N2CCOCC2)CCCCC1.I. The highest BCUT2D eigenvalue weighted by atomic mass is 127. The Hall–Kier alpha value is -1.39. The van der Waals surface area contributed by atoms with Crippen molar-refractivity contribution in [2.45, 2.75) is 44.1 Å². The minimum atomic E-state index is -0.0251. The van der Waals surface area contributed by atoms with Crippen LogP contribution in [0, 0.1) is 0 Å². The van der Waals surface area contributed by atoms with Crippen LogP contribution < -0.4 is 16.0 Å². The number of amides is 1. The van der Waals surface area contributed by atoms with Gasteiger partial charge in [-0.25, -0.2) is 0 Å². The third kappa shape index (κ3) is 7.91. The predicted molar refractivity (Wildman–Crippen MR) is 136 cm³/mol. The monoisotopic (exact) mass is 543 g/mol. The smallest absolute Gasteiger partial charge is 0.251 e. The van der Waals surface area contributed by atoms with Crippen molar-refractivity contribution in [1.82, 2.24) is 20.9 Å². The van der Waals surface area contributed by atoms with E-state index >= 15 is 0 Å². The molecule has 1 aromatic rings. The first-order chi connectivity index (χ1) is 14.7. The lowest BCUT2D eigenvalue weighted by atomic mass is 9.80. The lowest BCUT2D eigenvalue weighted by molar-refractivity contribution is -0.0352. The average Bonchev–Trinajstić information content (AvgIpc) is 2.82. The van der Waals surface area contributed by atoms with Crippen molar-refractivity contribution in [2.75, 3.05) is 53.0 Å². The van der Waals surface area contributed by atoms with Crippen molar-refractivity contribution in [3.63, 3.8) is 0 Å². The first-order valence-electron chi connectivity index (χ1n) is 11.3. The summed E-state index contributed by atoms with van der Waals surface area (Å²) >= 11 is 0. The zero-order valence-corrected chi connectivity index (χ0v) is 21.0. The zero-order valence-electron chi connectivity index (χ0n) is 18.7. The van der Waals surface area contributed by atoms with Crippen LogP contribution in [0.5, 0.6) is 0 Å². The zero-order chi connectivity index (χ0) is 21.1. The van der Waals surface area contributed by atoms with Crippen LogP contribution >= 0.6 is 24.0 Å². The molecule has 0 aromatic heterocycles. The minimum absolute atomic E-state index is 0. The molecule has 0 radical (unpaired) electrons. The molecule has 1 saturated carbocycles. The van der Waals surface area contributed by atoms with Gasteiger partial charge in [-0.1, -0.05) is 37.5 Å². The van der Waals surface area contributed by atoms with Gasteiger partial charge < -0.3 is 20.7 Å². The largest absolute Gasteiger partial charge is 0.379 e. The summed E-state index contributed by atoms with van der Waals surface area (Å²) in [4.78, 5) is 19.1. The molecule has 0 atom stereocenters. The quantitative estimate of drug-likeness (QED) is 0.204. The number of carbonyl (C=O) groups excluding carboxylic acids is 1. The number of benzene rings is 1. The van der Waals surface area contributed by atoms with Crippen LogP contribution in [0.2, 0.25) is 0 Å². The fraction of sp³-hybridized carbons (Fsp3) is 0.652. The van der Waals surface area contributed by atoms with Crippen molar-refractivity contribution in [2.24, 2.45) is 4.99 Å². The fourth-order valence-corrected chi connectivity index (χ4v) is 4.51. The third-order valence-corrected chi connectivity index (χ3v) is 6.24. The average molecular weight is 543 g/mol. The van der Waals surface area contributed by atoms with Gasteiger partial charge in [-0.15, -0.1) is 24.0 Å². The molecule has 8 heteroatoms. The third-order valence-electron chi connectivity index (χ3n) is 6.24. The van der Waals surface area contributed by atoms with E-state index in [-0.39, 0.29) is 35.4 Å². The Balaban J connectivity index is 0.00000341. The lowest BCUT2D eigenvalue weighted by Gasteiger charge is -2.48. The molecule has 174 valence electrons. The van der Waals surface area contributed by atoms with Gasteiger partial charge in [0.2, 0.25) is 0 Å². The van der Waals surface area contributed by atoms with Crippen molar-refractivity contribution in [3.05, 3.63) is 35.9 Å².